The lowest BCUT2D eigenvalue weighted by Crippen LogP contribution is -2.09. The molecule has 1 aromatic rings. The highest BCUT2D eigenvalue weighted by molar-refractivity contribution is 6.31. The van der Waals surface area contributed by atoms with Gasteiger partial charge in [0.1, 0.15) is 0 Å². The summed E-state index contributed by atoms with van der Waals surface area (Å²) in [5.41, 5.74) is 11.2. The van der Waals surface area contributed by atoms with Crippen molar-refractivity contribution in [2.75, 3.05) is 5.73 Å². The lowest BCUT2D eigenvalue weighted by molar-refractivity contribution is 1.00. The molecule has 1 aliphatic carbocycles. The molecular weight excluding hydrogens is 184 g/mol. The second-order valence-corrected chi connectivity index (χ2v) is 4.03. The first kappa shape index (κ1) is 8.48. The van der Waals surface area contributed by atoms with Crippen molar-refractivity contribution in [3.05, 3.63) is 42.0 Å². The maximum absolute atomic E-state index is 5.75. The van der Waals surface area contributed by atoms with Crippen LogP contribution in [0.4, 0.5) is 11.4 Å². The molecule has 15 heavy (non-hydrogen) atoms. The van der Waals surface area contributed by atoms with Crippen LogP contribution in [-0.4, -0.2) is 5.71 Å². The Kier molecular flexibility index (Phi) is 1.60. The highest BCUT2D eigenvalue weighted by atomic mass is 14.8. The fourth-order valence-electron chi connectivity index (χ4n) is 2.13. The fourth-order valence-corrected chi connectivity index (χ4v) is 2.13. The van der Waals surface area contributed by atoms with Gasteiger partial charge in [-0.05, 0) is 12.1 Å². The largest absolute Gasteiger partial charge is 0.399 e. The van der Waals surface area contributed by atoms with Crippen LogP contribution in [-0.2, 0) is 0 Å². The standard InChI is InChI=1S/C13H12N2/c1-8-3-2-4-11-10-6-5-9(14)7-12(10)15-13(8)11/h2-8H,14H2,1H3. The Balaban J connectivity index is 2.22. The van der Waals surface area contributed by atoms with Crippen LogP contribution in [0, 0.1) is 5.92 Å². The summed E-state index contributed by atoms with van der Waals surface area (Å²) in [7, 11) is 0. The number of rotatable bonds is 0. The minimum Gasteiger partial charge on any atom is -0.399 e. The Morgan fingerprint density at radius 1 is 1.33 bits per heavy atom. The molecule has 2 aliphatic rings. The summed E-state index contributed by atoms with van der Waals surface area (Å²) < 4.78 is 0. The van der Waals surface area contributed by atoms with E-state index in [-0.39, 0.29) is 0 Å². The molecule has 2 heteroatoms. The van der Waals surface area contributed by atoms with Crippen molar-refractivity contribution in [1.29, 1.82) is 0 Å². The van der Waals surface area contributed by atoms with Crippen molar-refractivity contribution in [3.63, 3.8) is 0 Å². The molecule has 1 aliphatic heterocycles. The van der Waals surface area contributed by atoms with E-state index >= 15 is 0 Å². The molecule has 0 amide bonds. The van der Waals surface area contributed by atoms with Crippen molar-refractivity contribution in [3.8, 4) is 0 Å². The number of hydrogen-bond acceptors (Lipinski definition) is 2. The Bertz CT molecular complexity index is 521. The molecule has 0 saturated carbocycles. The van der Waals surface area contributed by atoms with Gasteiger partial charge >= 0.3 is 0 Å². The zero-order valence-electron chi connectivity index (χ0n) is 8.57. The number of anilines is 1. The second-order valence-electron chi connectivity index (χ2n) is 4.03. The monoisotopic (exact) mass is 196 g/mol. The third-order valence-corrected chi connectivity index (χ3v) is 2.92. The van der Waals surface area contributed by atoms with Gasteiger partial charge in [0.05, 0.1) is 11.4 Å². The smallest absolute Gasteiger partial charge is 0.0732 e. The summed E-state index contributed by atoms with van der Waals surface area (Å²) in [6.07, 6.45) is 6.39. The molecule has 1 heterocycles. The van der Waals surface area contributed by atoms with Gasteiger partial charge in [-0.1, -0.05) is 31.2 Å². The Morgan fingerprint density at radius 3 is 3.07 bits per heavy atom. The molecule has 0 saturated heterocycles. The predicted octanol–water partition coefficient (Wildman–Crippen LogP) is 2.94. The molecule has 0 spiro atoms. The number of nitrogens with two attached hydrogens (primary N) is 1. The molecule has 2 nitrogen and oxygen atoms in total. The van der Waals surface area contributed by atoms with Crippen molar-refractivity contribution in [1.82, 2.24) is 0 Å². The summed E-state index contributed by atoms with van der Waals surface area (Å²) >= 11 is 0. The van der Waals surface area contributed by atoms with Gasteiger partial charge in [-0.25, -0.2) is 0 Å². The van der Waals surface area contributed by atoms with E-state index < -0.39 is 0 Å². The van der Waals surface area contributed by atoms with Gasteiger partial charge in [-0.3, -0.25) is 4.99 Å². The lowest BCUT2D eigenvalue weighted by atomic mass is 9.91. The van der Waals surface area contributed by atoms with Crippen LogP contribution in [0.1, 0.15) is 12.5 Å². The third-order valence-electron chi connectivity index (χ3n) is 2.92. The van der Waals surface area contributed by atoms with Crippen molar-refractivity contribution < 1.29 is 0 Å². The average molecular weight is 196 g/mol. The fraction of sp³-hybridized carbons (Fsp3) is 0.154. The molecular formula is C13H12N2. The van der Waals surface area contributed by atoms with Gasteiger partial charge < -0.3 is 5.73 Å². The Labute approximate surface area is 88.8 Å². The van der Waals surface area contributed by atoms with Crippen molar-refractivity contribution in [2.45, 2.75) is 6.92 Å². The van der Waals surface area contributed by atoms with E-state index in [1.165, 1.54) is 11.1 Å². The zero-order valence-corrected chi connectivity index (χ0v) is 8.57. The first-order chi connectivity index (χ1) is 7.25. The van der Waals surface area contributed by atoms with E-state index in [1.54, 1.807) is 0 Å². The molecule has 1 unspecified atom stereocenters. The van der Waals surface area contributed by atoms with Crippen LogP contribution < -0.4 is 5.73 Å². The number of nitrogen functional groups attached to an aromatic ring is 1. The molecule has 3 rings (SSSR count). The van der Waals surface area contributed by atoms with Crippen LogP contribution in [0.5, 0.6) is 0 Å². The maximum atomic E-state index is 5.75. The highest BCUT2D eigenvalue weighted by Gasteiger charge is 2.24. The van der Waals surface area contributed by atoms with Crippen molar-refractivity contribution in [2.24, 2.45) is 10.9 Å². The summed E-state index contributed by atoms with van der Waals surface area (Å²) in [4.78, 5) is 4.63. The minimum absolute atomic E-state index is 0.402. The van der Waals surface area contributed by atoms with E-state index in [4.69, 9.17) is 5.73 Å². The van der Waals surface area contributed by atoms with Gasteiger partial charge in [0.2, 0.25) is 0 Å². The number of fused-ring (bicyclic) bond motifs is 3. The zero-order chi connectivity index (χ0) is 10.4. The Morgan fingerprint density at radius 2 is 2.20 bits per heavy atom. The highest BCUT2D eigenvalue weighted by Crippen LogP contribution is 2.39. The van der Waals surface area contributed by atoms with Crippen LogP contribution >= 0.6 is 0 Å². The quantitative estimate of drug-likeness (QED) is 0.636. The molecule has 0 radical (unpaired) electrons. The van der Waals surface area contributed by atoms with E-state index in [9.17, 15) is 0 Å². The molecule has 0 fully saturated rings. The van der Waals surface area contributed by atoms with E-state index in [1.807, 2.05) is 12.1 Å². The SMILES string of the molecule is CC1C=CC=C2C1=Nc1cc(N)ccc12. The molecule has 2 N–H and O–H groups in total. The number of hydrogen-bond donors (Lipinski definition) is 1. The van der Waals surface area contributed by atoms with Gasteiger partial charge in [0.15, 0.2) is 0 Å². The maximum Gasteiger partial charge on any atom is 0.0732 e. The molecule has 0 aromatic heterocycles. The van der Waals surface area contributed by atoms with Crippen molar-refractivity contribution >= 4 is 22.7 Å². The van der Waals surface area contributed by atoms with Crippen LogP contribution in [0.25, 0.3) is 5.57 Å². The normalized spacial score (nSPS) is 21.8. The van der Waals surface area contributed by atoms with E-state index in [0.29, 0.717) is 5.92 Å². The molecule has 1 atom stereocenters. The topological polar surface area (TPSA) is 38.4 Å². The van der Waals surface area contributed by atoms with Gasteiger partial charge in [-0.15, -0.1) is 0 Å². The molecule has 74 valence electrons. The first-order valence-corrected chi connectivity index (χ1v) is 5.13. The third kappa shape index (κ3) is 1.14. The van der Waals surface area contributed by atoms with E-state index in [0.717, 1.165) is 17.1 Å². The first-order valence-electron chi connectivity index (χ1n) is 5.13. The van der Waals surface area contributed by atoms with Crippen LogP contribution in [0.15, 0.2) is 41.4 Å². The van der Waals surface area contributed by atoms with Gasteiger partial charge in [0.25, 0.3) is 0 Å². The summed E-state index contributed by atoms with van der Waals surface area (Å²) in [6.45, 7) is 2.16. The lowest BCUT2D eigenvalue weighted by Gasteiger charge is -2.12. The van der Waals surface area contributed by atoms with Crippen LogP contribution in [0.3, 0.4) is 0 Å². The summed E-state index contributed by atoms with van der Waals surface area (Å²) in [5, 5.41) is 0. The summed E-state index contributed by atoms with van der Waals surface area (Å²) in [6, 6.07) is 5.92. The Hall–Kier alpha value is -1.83. The second kappa shape index (κ2) is 2.83. The van der Waals surface area contributed by atoms with Crippen LogP contribution in [0.2, 0.25) is 0 Å². The number of allylic oxidation sites excluding steroid dienone is 4. The van der Waals surface area contributed by atoms with Gasteiger partial charge in [-0.2, -0.15) is 0 Å². The number of aliphatic imine (C=N–C) groups is 1. The average Bonchev–Trinajstić information content (AvgIpc) is 2.57. The predicted molar refractivity (Wildman–Crippen MR) is 64.2 cm³/mol. The number of nitrogens with zero attached hydrogens (tertiary/aromatic N) is 1. The molecule has 0 bridgehead atoms. The van der Waals surface area contributed by atoms with E-state index in [2.05, 4.69) is 36.2 Å². The molecule has 1 aromatic carbocycles. The van der Waals surface area contributed by atoms with Gasteiger partial charge in [0, 0.05) is 22.7 Å². The minimum atomic E-state index is 0.402. The number of benzene rings is 1. The summed E-state index contributed by atoms with van der Waals surface area (Å²) in [5.74, 6) is 0.402.